The summed E-state index contributed by atoms with van der Waals surface area (Å²) >= 11 is 0. The lowest BCUT2D eigenvalue weighted by Crippen LogP contribution is -2.08. The van der Waals surface area contributed by atoms with Gasteiger partial charge in [-0.3, -0.25) is 0 Å². The Balaban J connectivity index is 1.88. The molecular weight excluding hydrogens is 244 g/mol. The van der Waals surface area contributed by atoms with Crippen molar-refractivity contribution in [2.75, 3.05) is 18.5 Å². The molecule has 6 nitrogen and oxygen atoms in total. The molecule has 0 bridgehead atoms. The zero-order valence-corrected chi connectivity index (χ0v) is 10.1. The lowest BCUT2D eigenvalue weighted by Gasteiger charge is -2.01. The summed E-state index contributed by atoms with van der Waals surface area (Å²) in [5.41, 5.74) is 2.26. The van der Waals surface area contributed by atoms with E-state index in [0.717, 1.165) is 11.1 Å². The van der Waals surface area contributed by atoms with Crippen LogP contribution in [0.4, 0.5) is 5.95 Å². The smallest absolute Gasteiger partial charge is 0.230 e. The molecule has 6 heteroatoms. The van der Waals surface area contributed by atoms with Crippen molar-refractivity contribution in [3.05, 3.63) is 36.7 Å². The van der Waals surface area contributed by atoms with Gasteiger partial charge in [0.15, 0.2) is 5.58 Å². The van der Waals surface area contributed by atoms with E-state index < -0.39 is 0 Å². The molecule has 1 aromatic carbocycles. The van der Waals surface area contributed by atoms with Crippen molar-refractivity contribution in [1.29, 1.82) is 0 Å². The predicted molar refractivity (Wildman–Crippen MR) is 70.6 cm³/mol. The van der Waals surface area contributed by atoms with E-state index >= 15 is 0 Å². The number of nitrogens with one attached hydrogen (secondary N) is 1. The van der Waals surface area contributed by atoms with Crippen molar-refractivity contribution in [2.24, 2.45) is 0 Å². The number of aromatic nitrogens is 3. The second-order valence-corrected chi connectivity index (χ2v) is 3.93. The molecule has 2 N–H and O–H groups in total. The molecule has 0 amide bonds. The van der Waals surface area contributed by atoms with Crippen molar-refractivity contribution in [3.8, 4) is 11.5 Å². The number of hydrogen-bond acceptors (Lipinski definition) is 6. The summed E-state index contributed by atoms with van der Waals surface area (Å²) in [5, 5.41) is 11.6. The van der Waals surface area contributed by atoms with E-state index in [4.69, 9.17) is 9.52 Å². The zero-order chi connectivity index (χ0) is 13.1. The van der Waals surface area contributed by atoms with Crippen LogP contribution in [0.2, 0.25) is 0 Å². The third-order valence-electron chi connectivity index (χ3n) is 2.59. The van der Waals surface area contributed by atoms with Gasteiger partial charge < -0.3 is 14.8 Å². The number of rotatable bonds is 4. The van der Waals surface area contributed by atoms with Crippen molar-refractivity contribution >= 4 is 17.0 Å². The van der Waals surface area contributed by atoms with Crippen LogP contribution in [0, 0.1) is 0 Å². The zero-order valence-electron chi connectivity index (χ0n) is 10.1. The topological polar surface area (TPSA) is 84.1 Å². The van der Waals surface area contributed by atoms with E-state index in [1.165, 1.54) is 0 Å². The minimum atomic E-state index is 0.0379. The average Bonchev–Trinajstić information content (AvgIpc) is 2.89. The summed E-state index contributed by atoms with van der Waals surface area (Å²) in [6, 6.07) is 7.56. The molecule has 96 valence electrons. The van der Waals surface area contributed by atoms with Crippen LogP contribution in [0.15, 0.2) is 41.1 Å². The number of oxazole rings is 1. The maximum Gasteiger partial charge on any atom is 0.230 e. The summed E-state index contributed by atoms with van der Waals surface area (Å²) < 4.78 is 5.62. The van der Waals surface area contributed by atoms with E-state index in [-0.39, 0.29) is 6.61 Å². The summed E-state index contributed by atoms with van der Waals surface area (Å²) in [6.45, 7) is 0.457. The number of hydrogen-bond donors (Lipinski definition) is 2. The van der Waals surface area contributed by atoms with Gasteiger partial charge in [-0.15, -0.1) is 0 Å². The van der Waals surface area contributed by atoms with Crippen molar-refractivity contribution in [2.45, 2.75) is 0 Å². The number of anilines is 1. The highest BCUT2D eigenvalue weighted by atomic mass is 16.3. The van der Waals surface area contributed by atoms with E-state index in [0.29, 0.717) is 23.9 Å². The molecule has 0 spiro atoms. The molecule has 0 aliphatic heterocycles. The van der Waals surface area contributed by atoms with Crippen molar-refractivity contribution in [1.82, 2.24) is 15.0 Å². The summed E-state index contributed by atoms with van der Waals surface area (Å²) in [4.78, 5) is 12.6. The monoisotopic (exact) mass is 256 g/mol. The molecule has 0 radical (unpaired) electrons. The van der Waals surface area contributed by atoms with Gasteiger partial charge in [-0.1, -0.05) is 12.1 Å². The first-order valence-corrected chi connectivity index (χ1v) is 5.89. The minimum Gasteiger partial charge on any atom is -0.436 e. The molecule has 0 saturated carbocycles. The Bertz CT molecular complexity index is 645. The number of aliphatic hydroxyl groups excluding tert-OH is 1. The first kappa shape index (κ1) is 11.6. The third-order valence-corrected chi connectivity index (χ3v) is 2.59. The maximum atomic E-state index is 8.70. The molecule has 0 aliphatic rings. The van der Waals surface area contributed by atoms with Crippen molar-refractivity contribution < 1.29 is 9.52 Å². The van der Waals surface area contributed by atoms with Crippen LogP contribution in [0.3, 0.4) is 0 Å². The van der Waals surface area contributed by atoms with Gasteiger partial charge in [-0.2, -0.15) is 0 Å². The quantitative estimate of drug-likeness (QED) is 0.739. The molecule has 3 aromatic rings. The molecular formula is C13H12N4O2. The second-order valence-electron chi connectivity index (χ2n) is 3.93. The lowest BCUT2D eigenvalue weighted by atomic mass is 10.3. The summed E-state index contributed by atoms with van der Waals surface area (Å²) in [7, 11) is 0. The summed E-state index contributed by atoms with van der Waals surface area (Å²) in [6.07, 6.45) is 3.27. The predicted octanol–water partition coefficient (Wildman–Crippen LogP) is 1.69. The molecule has 0 fully saturated rings. The Morgan fingerprint density at radius 3 is 2.68 bits per heavy atom. The second kappa shape index (κ2) is 5.03. The van der Waals surface area contributed by atoms with Crippen LogP contribution >= 0.6 is 0 Å². The maximum absolute atomic E-state index is 8.70. The standard InChI is InChI=1S/C13H12N4O2/c18-6-5-14-13-15-7-9(8-16-13)12-17-10-3-1-2-4-11(10)19-12/h1-4,7-8,18H,5-6H2,(H,14,15,16). The molecule has 0 unspecified atom stereocenters. The first-order valence-electron chi connectivity index (χ1n) is 5.89. The Hall–Kier alpha value is -2.47. The molecule has 3 rings (SSSR count). The molecule has 19 heavy (non-hydrogen) atoms. The van der Waals surface area contributed by atoms with Gasteiger partial charge in [0, 0.05) is 18.9 Å². The van der Waals surface area contributed by atoms with E-state index in [2.05, 4.69) is 20.3 Å². The number of fused-ring (bicyclic) bond motifs is 1. The molecule has 0 aliphatic carbocycles. The Morgan fingerprint density at radius 2 is 1.95 bits per heavy atom. The highest BCUT2D eigenvalue weighted by molar-refractivity contribution is 5.75. The first-order chi connectivity index (χ1) is 9.36. The van der Waals surface area contributed by atoms with E-state index in [1.807, 2.05) is 24.3 Å². The fourth-order valence-electron chi connectivity index (χ4n) is 1.69. The highest BCUT2D eigenvalue weighted by Crippen LogP contribution is 2.23. The van der Waals surface area contributed by atoms with Gasteiger partial charge in [0.05, 0.1) is 12.2 Å². The van der Waals surface area contributed by atoms with E-state index in [1.54, 1.807) is 12.4 Å². The van der Waals surface area contributed by atoms with Gasteiger partial charge in [0.1, 0.15) is 5.52 Å². The number of aliphatic hydroxyl groups is 1. The molecule has 0 saturated heterocycles. The molecule has 2 aromatic heterocycles. The van der Waals surface area contributed by atoms with Gasteiger partial charge in [-0.05, 0) is 12.1 Å². The van der Waals surface area contributed by atoms with Crippen LogP contribution in [-0.2, 0) is 0 Å². The summed E-state index contributed by atoms with van der Waals surface area (Å²) in [5.74, 6) is 0.962. The Morgan fingerprint density at radius 1 is 1.16 bits per heavy atom. The Labute approximate surface area is 109 Å². The van der Waals surface area contributed by atoms with Crippen LogP contribution < -0.4 is 5.32 Å². The van der Waals surface area contributed by atoms with Crippen LogP contribution in [0.5, 0.6) is 0 Å². The highest BCUT2D eigenvalue weighted by Gasteiger charge is 2.08. The lowest BCUT2D eigenvalue weighted by molar-refractivity contribution is 0.311. The average molecular weight is 256 g/mol. The van der Waals surface area contributed by atoms with Gasteiger partial charge in [-0.25, -0.2) is 15.0 Å². The van der Waals surface area contributed by atoms with Crippen LogP contribution in [0.1, 0.15) is 0 Å². The van der Waals surface area contributed by atoms with Crippen LogP contribution in [0.25, 0.3) is 22.6 Å². The van der Waals surface area contributed by atoms with Gasteiger partial charge >= 0.3 is 0 Å². The number of para-hydroxylation sites is 2. The third kappa shape index (κ3) is 2.38. The molecule has 0 atom stereocenters. The Kier molecular flexibility index (Phi) is 3.07. The number of benzene rings is 1. The largest absolute Gasteiger partial charge is 0.436 e. The normalized spacial score (nSPS) is 10.8. The minimum absolute atomic E-state index is 0.0379. The van der Waals surface area contributed by atoms with Crippen molar-refractivity contribution in [3.63, 3.8) is 0 Å². The number of nitrogens with zero attached hydrogens (tertiary/aromatic N) is 3. The van der Waals surface area contributed by atoms with E-state index in [9.17, 15) is 0 Å². The van der Waals surface area contributed by atoms with Crippen LogP contribution in [-0.4, -0.2) is 33.2 Å². The molecule has 2 heterocycles. The van der Waals surface area contributed by atoms with Gasteiger partial charge in [0.2, 0.25) is 11.8 Å². The fraction of sp³-hybridized carbons (Fsp3) is 0.154. The fourth-order valence-corrected chi connectivity index (χ4v) is 1.69. The van der Waals surface area contributed by atoms with Gasteiger partial charge in [0.25, 0.3) is 0 Å². The SMILES string of the molecule is OCCNc1ncc(-c2nc3ccccc3o2)cn1.